The lowest BCUT2D eigenvalue weighted by atomic mass is 9.96. The number of nitrogens with one attached hydrogen (secondary N) is 2. The number of likely N-dealkylation sites (tertiary alicyclic amines) is 1. The number of benzene rings is 1. The summed E-state index contributed by atoms with van der Waals surface area (Å²) >= 11 is 0. The molecule has 1 heterocycles. The normalized spacial score (nSPS) is 16.8. The molecule has 1 aliphatic rings. The molecule has 144 valence electrons. The van der Waals surface area contributed by atoms with Gasteiger partial charge in [0.15, 0.2) is 0 Å². The molecule has 0 radical (unpaired) electrons. The Morgan fingerprint density at radius 2 is 1.96 bits per heavy atom. The van der Waals surface area contributed by atoms with Gasteiger partial charge >= 0.3 is 6.03 Å². The minimum Gasteiger partial charge on any atom is -0.387 e. The Hall–Kier alpha value is -2.12. The standard InChI is InChI=1S/C19H30N4O3/c1-14-5-2-3-6-16(14)17(24)13-22-19(26)21-9-4-10-23-11-7-15(8-12-23)18(20)25/h2-3,5-6,15,17,24H,4,7-13H2,1H3,(H2,20,25)(H2,21,22,26)/t17-/m1/s1. The van der Waals surface area contributed by atoms with Crippen molar-refractivity contribution in [3.63, 3.8) is 0 Å². The molecule has 0 saturated carbocycles. The lowest BCUT2D eigenvalue weighted by Crippen LogP contribution is -2.41. The average molecular weight is 362 g/mol. The van der Waals surface area contributed by atoms with E-state index in [2.05, 4.69) is 15.5 Å². The van der Waals surface area contributed by atoms with E-state index in [4.69, 9.17) is 5.73 Å². The molecule has 1 fully saturated rings. The van der Waals surface area contributed by atoms with Gasteiger partial charge in [-0.3, -0.25) is 4.79 Å². The van der Waals surface area contributed by atoms with E-state index in [9.17, 15) is 14.7 Å². The van der Waals surface area contributed by atoms with E-state index in [1.54, 1.807) is 0 Å². The number of carbonyl (C=O) groups excluding carboxylic acids is 2. The lowest BCUT2D eigenvalue weighted by Gasteiger charge is -2.30. The van der Waals surface area contributed by atoms with Gasteiger partial charge in [-0.1, -0.05) is 24.3 Å². The maximum absolute atomic E-state index is 11.8. The van der Waals surface area contributed by atoms with Gasteiger partial charge in [0.25, 0.3) is 0 Å². The van der Waals surface area contributed by atoms with Crippen molar-refractivity contribution in [2.24, 2.45) is 11.7 Å². The summed E-state index contributed by atoms with van der Waals surface area (Å²) in [6.07, 6.45) is 1.77. The number of rotatable bonds is 8. The zero-order chi connectivity index (χ0) is 18.9. The first-order chi connectivity index (χ1) is 12.5. The summed E-state index contributed by atoms with van der Waals surface area (Å²) in [5.74, 6) is -0.189. The smallest absolute Gasteiger partial charge is 0.314 e. The van der Waals surface area contributed by atoms with E-state index in [-0.39, 0.29) is 24.4 Å². The highest BCUT2D eigenvalue weighted by Crippen LogP contribution is 2.17. The topological polar surface area (TPSA) is 108 Å². The molecule has 0 aromatic heterocycles. The fourth-order valence-corrected chi connectivity index (χ4v) is 3.27. The van der Waals surface area contributed by atoms with Crippen molar-refractivity contribution >= 4 is 11.9 Å². The zero-order valence-corrected chi connectivity index (χ0v) is 15.4. The minimum absolute atomic E-state index is 0.00910. The summed E-state index contributed by atoms with van der Waals surface area (Å²) in [4.78, 5) is 25.3. The maximum Gasteiger partial charge on any atom is 0.314 e. The number of urea groups is 1. The van der Waals surface area contributed by atoms with Gasteiger partial charge in [-0.05, 0) is 56.9 Å². The number of nitrogens with zero attached hydrogens (tertiary/aromatic N) is 1. The summed E-state index contributed by atoms with van der Waals surface area (Å²) in [6.45, 7) is 5.33. The third-order valence-corrected chi connectivity index (χ3v) is 4.93. The molecule has 1 aromatic rings. The molecular formula is C19H30N4O3. The number of aliphatic hydroxyl groups excluding tert-OH is 1. The Kier molecular flexibility index (Phi) is 7.87. The van der Waals surface area contributed by atoms with E-state index < -0.39 is 6.10 Å². The molecule has 26 heavy (non-hydrogen) atoms. The van der Waals surface area contributed by atoms with Gasteiger partial charge in [0, 0.05) is 19.0 Å². The molecule has 5 N–H and O–H groups in total. The number of nitrogens with two attached hydrogens (primary N) is 1. The Morgan fingerprint density at radius 3 is 2.62 bits per heavy atom. The van der Waals surface area contributed by atoms with Crippen LogP contribution in [-0.2, 0) is 4.79 Å². The number of hydrogen-bond donors (Lipinski definition) is 4. The fraction of sp³-hybridized carbons (Fsp3) is 0.579. The molecule has 7 heteroatoms. The van der Waals surface area contributed by atoms with Crippen molar-refractivity contribution in [2.75, 3.05) is 32.7 Å². The van der Waals surface area contributed by atoms with Gasteiger partial charge in [-0.2, -0.15) is 0 Å². The molecule has 2 rings (SSSR count). The largest absolute Gasteiger partial charge is 0.387 e. The van der Waals surface area contributed by atoms with Crippen LogP contribution in [0.2, 0.25) is 0 Å². The third kappa shape index (κ3) is 6.31. The number of carbonyl (C=O) groups is 2. The summed E-state index contributed by atoms with van der Waals surface area (Å²) < 4.78 is 0. The molecule has 0 spiro atoms. The van der Waals surface area contributed by atoms with Gasteiger partial charge < -0.3 is 26.4 Å². The van der Waals surface area contributed by atoms with Crippen molar-refractivity contribution in [3.8, 4) is 0 Å². The van der Waals surface area contributed by atoms with Crippen LogP contribution < -0.4 is 16.4 Å². The molecule has 0 aliphatic carbocycles. The molecular weight excluding hydrogens is 332 g/mol. The third-order valence-electron chi connectivity index (χ3n) is 4.93. The van der Waals surface area contributed by atoms with E-state index in [1.807, 2.05) is 31.2 Å². The highest BCUT2D eigenvalue weighted by Gasteiger charge is 2.22. The van der Waals surface area contributed by atoms with Crippen LogP contribution in [0, 0.1) is 12.8 Å². The summed E-state index contributed by atoms with van der Waals surface area (Å²) in [6, 6.07) is 7.32. The minimum atomic E-state index is -0.714. The average Bonchev–Trinajstić information content (AvgIpc) is 2.64. The number of piperidine rings is 1. The Labute approximate surface area is 154 Å². The Balaban J connectivity index is 1.57. The van der Waals surface area contributed by atoms with E-state index in [0.717, 1.165) is 50.0 Å². The van der Waals surface area contributed by atoms with Crippen molar-refractivity contribution in [3.05, 3.63) is 35.4 Å². The lowest BCUT2D eigenvalue weighted by molar-refractivity contribution is -0.123. The number of aryl methyl sites for hydroxylation is 1. The Morgan fingerprint density at radius 1 is 1.27 bits per heavy atom. The second-order valence-corrected chi connectivity index (χ2v) is 6.88. The van der Waals surface area contributed by atoms with Crippen molar-refractivity contribution in [1.82, 2.24) is 15.5 Å². The van der Waals surface area contributed by atoms with Gasteiger partial charge in [0.1, 0.15) is 0 Å². The number of aliphatic hydroxyl groups is 1. The molecule has 1 atom stereocenters. The van der Waals surface area contributed by atoms with Gasteiger partial charge in [-0.15, -0.1) is 0 Å². The van der Waals surface area contributed by atoms with Crippen molar-refractivity contribution in [1.29, 1.82) is 0 Å². The van der Waals surface area contributed by atoms with Crippen LogP contribution in [-0.4, -0.2) is 54.7 Å². The van der Waals surface area contributed by atoms with Crippen LogP contribution in [0.3, 0.4) is 0 Å². The van der Waals surface area contributed by atoms with Gasteiger partial charge in [0.05, 0.1) is 6.10 Å². The molecule has 1 aliphatic heterocycles. The number of hydrogen-bond acceptors (Lipinski definition) is 4. The maximum atomic E-state index is 11.8. The molecule has 7 nitrogen and oxygen atoms in total. The number of primary amides is 1. The SMILES string of the molecule is Cc1ccccc1[C@H](O)CNC(=O)NCCCN1CCC(C(N)=O)CC1. The van der Waals surface area contributed by atoms with Crippen LogP contribution in [0.5, 0.6) is 0 Å². The van der Waals surface area contributed by atoms with Gasteiger partial charge in [-0.25, -0.2) is 4.79 Å². The van der Waals surface area contributed by atoms with Gasteiger partial charge in [0.2, 0.25) is 5.91 Å². The predicted octanol–water partition coefficient (Wildman–Crippen LogP) is 0.915. The van der Waals surface area contributed by atoms with Crippen molar-refractivity contribution in [2.45, 2.75) is 32.3 Å². The Bertz CT molecular complexity index is 600. The second-order valence-electron chi connectivity index (χ2n) is 6.88. The van der Waals surface area contributed by atoms with Crippen LogP contribution in [0.15, 0.2) is 24.3 Å². The van der Waals surface area contributed by atoms with Crippen molar-refractivity contribution < 1.29 is 14.7 Å². The molecule has 0 unspecified atom stereocenters. The monoisotopic (exact) mass is 362 g/mol. The highest BCUT2D eigenvalue weighted by atomic mass is 16.3. The first-order valence-corrected chi connectivity index (χ1v) is 9.24. The van der Waals surface area contributed by atoms with Crippen LogP contribution in [0.25, 0.3) is 0 Å². The molecule has 1 saturated heterocycles. The summed E-state index contributed by atoms with van der Waals surface area (Å²) in [7, 11) is 0. The summed E-state index contributed by atoms with van der Waals surface area (Å²) in [5, 5.41) is 15.7. The zero-order valence-electron chi connectivity index (χ0n) is 15.4. The van der Waals surface area contributed by atoms with E-state index in [0.29, 0.717) is 6.54 Å². The molecule has 0 bridgehead atoms. The van der Waals surface area contributed by atoms with E-state index in [1.165, 1.54) is 0 Å². The number of amides is 3. The molecule has 3 amide bonds. The van der Waals surface area contributed by atoms with Crippen LogP contribution in [0.1, 0.15) is 36.5 Å². The highest BCUT2D eigenvalue weighted by molar-refractivity contribution is 5.76. The fourth-order valence-electron chi connectivity index (χ4n) is 3.27. The first-order valence-electron chi connectivity index (χ1n) is 9.24. The van der Waals surface area contributed by atoms with Crippen LogP contribution >= 0.6 is 0 Å². The second kappa shape index (κ2) is 10.1. The quantitative estimate of drug-likeness (QED) is 0.516. The summed E-state index contributed by atoms with van der Waals surface area (Å²) in [5.41, 5.74) is 7.16. The predicted molar refractivity (Wildman–Crippen MR) is 101 cm³/mol. The molecule has 1 aromatic carbocycles. The van der Waals surface area contributed by atoms with E-state index >= 15 is 0 Å². The van der Waals surface area contributed by atoms with Crippen LogP contribution in [0.4, 0.5) is 4.79 Å². The first kappa shape index (κ1) is 20.2.